The van der Waals surface area contributed by atoms with Crippen molar-refractivity contribution in [1.82, 2.24) is 4.90 Å². The van der Waals surface area contributed by atoms with Crippen molar-refractivity contribution in [2.75, 3.05) is 19.7 Å². The van der Waals surface area contributed by atoms with Gasteiger partial charge >= 0.3 is 12.1 Å². The Morgan fingerprint density at radius 2 is 1.88 bits per heavy atom. The Labute approximate surface area is 148 Å². The van der Waals surface area contributed by atoms with Gasteiger partial charge in [-0.25, -0.2) is 9.18 Å². The molecular weight excluding hydrogens is 325 g/mol. The number of likely N-dealkylation sites (tertiary alicyclic amines) is 1. The van der Waals surface area contributed by atoms with E-state index in [2.05, 4.69) is 0 Å². The molecule has 1 heterocycles. The van der Waals surface area contributed by atoms with Gasteiger partial charge < -0.3 is 14.4 Å². The highest BCUT2D eigenvalue weighted by Gasteiger charge is 2.38. The van der Waals surface area contributed by atoms with Crippen LogP contribution < -0.4 is 0 Å². The van der Waals surface area contributed by atoms with Crippen molar-refractivity contribution in [2.24, 2.45) is 5.92 Å². The second-order valence-electron chi connectivity index (χ2n) is 7.23. The molecule has 138 valence electrons. The molecule has 2 rings (SSSR count). The van der Waals surface area contributed by atoms with Crippen molar-refractivity contribution in [2.45, 2.75) is 45.6 Å². The van der Waals surface area contributed by atoms with Gasteiger partial charge in [-0.1, -0.05) is 12.1 Å². The Balaban J connectivity index is 2.21. The van der Waals surface area contributed by atoms with Crippen LogP contribution in [0.5, 0.6) is 0 Å². The summed E-state index contributed by atoms with van der Waals surface area (Å²) in [7, 11) is 0. The Kier molecular flexibility index (Phi) is 6.03. The lowest BCUT2D eigenvalue weighted by atomic mass is 9.81. The molecule has 1 unspecified atom stereocenters. The molecule has 1 saturated heterocycles. The third-order valence-corrected chi connectivity index (χ3v) is 4.15. The van der Waals surface area contributed by atoms with Crippen LogP contribution in [0.4, 0.5) is 9.18 Å². The maximum atomic E-state index is 13.2. The molecule has 6 heteroatoms. The first-order chi connectivity index (χ1) is 11.7. The molecule has 0 bridgehead atoms. The minimum absolute atomic E-state index is 0.249. The zero-order chi connectivity index (χ0) is 18.6. The van der Waals surface area contributed by atoms with E-state index in [1.54, 1.807) is 24.0 Å². The molecule has 0 spiro atoms. The number of hydrogen-bond donors (Lipinski definition) is 0. The van der Waals surface area contributed by atoms with Gasteiger partial charge in [-0.2, -0.15) is 0 Å². The van der Waals surface area contributed by atoms with E-state index >= 15 is 0 Å². The van der Waals surface area contributed by atoms with Gasteiger partial charge in [0.1, 0.15) is 11.4 Å². The van der Waals surface area contributed by atoms with Gasteiger partial charge in [0.15, 0.2) is 0 Å². The van der Waals surface area contributed by atoms with E-state index in [0.29, 0.717) is 26.1 Å². The van der Waals surface area contributed by atoms with Crippen LogP contribution >= 0.6 is 0 Å². The van der Waals surface area contributed by atoms with Crippen LogP contribution in [0.2, 0.25) is 0 Å². The predicted octanol–water partition coefficient (Wildman–Crippen LogP) is 3.73. The summed E-state index contributed by atoms with van der Waals surface area (Å²) in [4.78, 5) is 26.3. The monoisotopic (exact) mass is 351 g/mol. The first-order valence-corrected chi connectivity index (χ1v) is 8.61. The lowest BCUT2D eigenvalue weighted by Crippen LogP contribution is -2.47. The fraction of sp³-hybridized carbons (Fsp3) is 0.579. The predicted molar refractivity (Wildman–Crippen MR) is 91.7 cm³/mol. The third kappa shape index (κ3) is 5.18. The van der Waals surface area contributed by atoms with E-state index in [1.165, 1.54) is 12.1 Å². The van der Waals surface area contributed by atoms with E-state index in [4.69, 9.17) is 9.47 Å². The maximum absolute atomic E-state index is 13.2. The zero-order valence-electron chi connectivity index (χ0n) is 15.3. The van der Waals surface area contributed by atoms with Gasteiger partial charge in [0, 0.05) is 19.0 Å². The Morgan fingerprint density at radius 1 is 1.24 bits per heavy atom. The third-order valence-electron chi connectivity index (χ3n) is 4.15. The fourth-order valence-electron chi connectivity index (χ4n) is 3.02. The summed E-state index contributed by atoms with van der Waals surface area (Å²) in [5, 5.41) is 0. The molecule has 0 radical (unpaired) electrons. The standard InChI is InChI=1S/C19H26FNO4/c1-5-24-17(22)15-10-11-21(18(23)25-19(2,3)4)12-16(15)13-6-8-14(20)9-7-13/h6-9,15-16H,5,10-12H2,1-4H3/t15?,16-/m1/s1. The number of nitrogens with zero attached hydrogens (tertiary/aromatic N) is 1. The molecule has 1 aromatic carbocycles. The fourth-order valence-corrected chi connectivity index (χ4v) is 3.02. The zero-order valence-corrected chi connectivity index (χ0v) is 15.3. The van der Waals surface area contributed by atoms with E-state index in [1.807, 2.05) is 20.8 Å². The number of ether oxygens (including phenoxy) is 2. The van der Waals surface area contributed by atoms with Gasteiger partial charge in [0.25, 0.3) is 0 Å². The number of hydrogen-bond acceptors (Lipinski definition) is 4. The lowest BCUT2D eigenvalue weighted by molar-refractivity contribution is -0.150. The van der Waals surface area contributed by atoms with E-state index in [9.17, 15) is 14.0 Å². The number of esters is 1. The largest absolute Gasteiger partial charge is 0.466 e. The topological polar surface area (TPSA) is 55.8 Å². The summed E-state index contributed by atoms with van der Waals surface area (Å²) in [5.41, 5.74) is 0.230. The minimum atomic E-state index is -0.583. The van der Waals surface area contributed by atoms with Gasteiger partial charge in [-0.15, -0.1) is 0 Å². The molecular formula is C19H26FNO4. The second kappa shape index (κ2) is 7.85. The average molecular weight is 351 g/mol. The van der Waals surface area contributed by atoms with Gasteiger partial charge in [0.2, 0.25) is 0 Å². The summed E-state index contributed by atoms with van der Waals surface area (Å²) in [6, 6.07) is 6.05. The highest BCUT2D eigenvalue weighted by Crippen LogP contribution is 2.34. The van der Waals surface area contributed by atoms with Crippen molar-refractivity contribution in [3.05, 3.63) is 35.6 Å². The molecule has 1 fully saturated rings. The average Bonchev–Trinajstić information content (AvgIpc) is 2.53. The quantitative estimate of drug-likeness (QED) is 0.779. The van der Waals surface area contributed by atoms with E-state index in [-0.39, 0.29) is 23.6 Å². The van der Waals surface area contributed by atoms with Gasteiger partial charge in [-0.05, 0) is 51.8 Å². The van der Waals surface area contributed by atoms with Crippen molar-refractivity contribution in [1.29, 1.82) is 0 Å². The summed E-state index contributed by atoms with van der Waals surface area (Å²) in [6.07, 6.45) is 0.0852. The molecule has 0 aromatic heterocycles. The first kappa shape index (κ1) is 19.2. The molecule has 25 heavy (non-hydrogen) atoms. The Hall–Kier alpha value is -2.11. The van der Waals surface area contributed by atoms with Crippen LogP contribution in [0.1, 0.15) is 45.6 Å². The van der Waals surface area contributed by atoms with Gasteiger partial charge in [-0.3, -0.25) is 4.79 Å². The normalized spacial score (nSPS) is 20.9. The highest BCUT2D eigenvalue weighted by atomic mass is 19.1. The Bertz CT molecular complexity index is 609. The number of piperidine rings is 1. The molecule has 1 amide bonds. The van der Waals surface area contributed by atoms with Crippen LogP contribution in [0.15, 0.2) is 24.3 Å². The molecule has 0 N–H and O–H groups in total. The SMILES string of the molecule is CCOC(=O)C1CCN(C(=O)OC(C)(C)C)C[C@@H]1c1ccc(F)cc1. The van der Waals surface area contributed by atoms with Crippen LogP contribution in [0.25, 0.3) is 0 Å². The summed E-state index contributed by atoms with van der Waals surface area (Å²) in [5.74, 6) is -1.22. The number of rotatable bonds is 3. The molecule has 1 aromatic rings. The number of carbonyl (C=O) groups is 2. The second-order valence-corrected chi connectivity index (χ2v) is 7.23. The van der Waals surface area contributed by atoms with Crippen LogP contribution in [0.3, 0.4) is 0 Å². The van der Waals surface area contributed by atoms with Crippen LogP contribution in [-0.4, -0.2) is 42.3 Å². The molecule has 0 aliphatic carbocycles. The first-order valence-electron chi connectivity index (χ1n) is 8.61. The smallest absolute Gasteiger partial charge is 0.410 e. The lowest BCUT2D eigenvalue weighted by Gasteiger charge is -2.38. The summed E-state index contributed by atoms with van der Waals surface area (Å²) < 4.78 is 23.9. The molecule has 2 atom stereocenters. The molecule has 1 aliphatic heterocycles. The van der Waals surface area contributed by atoms with E-state index in [0.717, 1.165) is 5.56 Å². The highest BCUT2D eigenvalue weighted by molar-refractivity contribution is 5.75. The number of amides is 1. The van der Waals surface area contributed by atoms with Crippen molar-refractivity contribution < 1.29 is 23.5 Å². The molecule has 0 saturated carbocycles. The van der Waals surface area contributed by atoms with Crippen molar-refractivity contribution >= 4 is 12.1 Å². The summed E-state index contributed by atoms with van der Waals surface area (Å²) in [6.45, 7) is 8.27. The summed E-state index contributed by atoms with van der Waals surface area (Å²) >= 11 is 0. The number of benzene rings is 1. The number of carbonyl (C=O) groups excluding carboxylic acids is 2. The van der Waals surface area contributed by atoms with Crippen LogP contribution in [0, 0.1) is 11.7 Å². The minimum Gasteiger partial charge on any atom is -0.466 e. The van der Waals surface area contributed by atoms with E-state index < -0.39 is 11.7 Å². The van der Waals surface area contributed by atoms with Crippen molar-refractivity contribution in [3.8, 4) is 0 Å². The maximum Gasteiger partial charge on any atom is 0.410 e. The van der Waals surface area contributed by atoms with Crippen LogP contribution in [-0.2, 0) is 14.3 Å². The number of halogens is 1. The molecule has 1 aliphatic rings. The van der Waals surface area contributed by atoms with Crippen molar-refractivity contribution in [3.63, 3.8) is 0 Å². The Morgan fingerprint density at radius 3 is 2.44 bits per heavy atom. The molecule has 5 nitrogen and oxygen atoms in total. The van der Waals surface area contributed by atoms with Gasteiger partial charge in [0.05, 0.1) is 12.5 Å².